The van der Waals surface area contributed by atoms with E-state index in [-0.39, 0.29) is 6.10 Å². The Morgan fingerprint density at radius 1 is 0.636 bits per heavy atom. The maximum atomic E-state index is 12.5. The Morgan fingerprint density at radius 3 is 1.68 bits per heavy atom. The second-order valence-electron chi connectivity index (χ2n) is 12.7. The number of carbonyl (C=O) groups excluding carboxylic acids is 2. The smallest absolute Gasteiger partial charge is 0.293 e. The third-order valence-corrected chi connectivity index (χ3v) is 9.30. The monoisotopic (exact) mass is 604 g/mol. The van der Waals surface area contributed by atoms with Gasteiger partial charge in [-0.2, -0.15) is 4.89 Å². The molecule has 0 aromatic heterocycles. The predicted molar refractivity (Wildman–Crippen MR) is 173 cm³/mol. The lowest BCUT2D eigenvalue weighted by Crippen LogP contribution is -2.28. The Labute approximate surface area is 264 Å². The number of benzene rings is 2. The topological polar surface area (TPSA) is 71.1 Å². The predicted octanol–water partition coefficient (Wildman–Crippen LogP) is 10.1. The van der Waals surface area contributed by atoms with Gasteiger partial charge in [0.25, 0.3) is 0 Å². The van der Waals surface area contributed by atoms with Crippen molar-refractivity contribution in [3.8, 4) is 0 Å². The molecule has 0 aliphatic heterocycles. The highest BCUT2D eigenvalue weighted by Crippen LogP contribution is 2.39. The van der Waals surface area contributed by atoms with Crippen molar-refractivity contribution in [1.29, 1.82) is 0 Å². The van der Waals surface area contributed by atoms with Gasteiger partial charge in [-0.3, -0.25) is 9.78 Å². The summed E-state index contributed by atoms with van der Waals surface area (Å²) in [6.45, 7) is 4.43. The van der Waals surface area contributed by atoms with Crippen molar-refractivity contribution in [1.82, 2.24) is 0 Å². The third-order valence-electron chi connectivity index (χ3n) is 9.30. The van der Waals surface area contributed by atoms with E-state index in [1.165, 1.54) is 62.5 Å². The van der Waals surface area contributed by atoms with Gasteiger partial charge in [0.1, 0.15) is 6.10 Å². The normalized spacial score (nSPS) is 20.0. The molecule has 44 heavy (non-hydrogen) atoms. The van der Waals surface area contributed by atoms with Crippen LogP contribution in [0.4, 0.5) is 0 Å². The average molecular weight is 605 g/mol. The summed E-state index contributed by atoms with van der Waals surface area (Å²) in [6.07, 6.45) is 20.5. The van der Waals surface area contributed by atoms with E-state index < -0.39 is 11.9 Å². The van der Waals surface area contributed by atoms with Crippen molar-refractivity contribution < 1.29 is 29.1 Å². The molecule has 0 heterocycles. The summed E-state index contributed by atoms with van der Waals surface area (Å²) < 4.78 is 0. The van der Waals surface area contributed by atoms with Crippen LogP contribution in [0.1, 0.15) is 142 Å². The Hall–Kier alpha value is -3.12. The lowest BCUT2D eigenvalue weighted by molar-refractivity contribution is -0.281. The first kappa shape index (κ1) is 33.8. The van der Waals surface area contributed by atoms with Crippen molar-refractivity contribution in [2.24, 2.45) is 11.8 Å². The van der Waals surface area contributed by atoms with E-state index in [1.54, 1.807) is 0 Å². The van der Waals surface area contributed by atoms with E-state index in [9.17, 15) is 9.59 Å². The Balaban J connectivity index is 1.10. The van der Waals surface area contributed by atoms with Crippen molar-refractivity contribution in [2.75, 3.05) is 0 Å². The van der Waals surface area contributed by atoms with Crippen molar-refractivity contribution in [2.45, 2.75) is 129 Å². The van der Waals surface area contributed by atoms with Crippen molar-refractivity contribution in [3.05, 3.63) is 82.6 Å². The average Bonchev–Trinajstić information content (AvgIpc) is 3.07. The molecular weight excluding hydrogens is 552 g/mol. The molecule has 0 N–H and O–H groups in total. The Kier molecular flexibility index (Phi) is 14.3. The van der Waals surface area contributed by atoms with Crippen LogP contribution in [0.15, 0.2) is 60.4 Å². The molecule has 2 aromatic rings. The summed E-state index contributed by atoms with van der Waals surface area (Å²) in [6, 6.07) is 15.3. The number of allylic oxidation sites excluding steroid dienone is 2. The van der Waals surface area contributed by atoms with Gasteiger partial charge in [0.2, 0.25) is 0 Å². The molecule has 0 bridgehead atoms. The lowest BCUT2D eigenvalue weighted by Gasteiger charge is -2.34. The number of hydrogen-bond acceptors (Lipinski definition) is 6. The van der Waals surface area contributed by atoms with E-state index in [0.29, 0.717) is 23.0 Å². The van der Waals surface area contributed by atoms with Crippen LogP contribution >= 0.6 is 0 Å². The van der Waals surface area contributed by atoms with E-state index in [0.717, 1.165) is 63.5 Å². The maximum Gasteiger partial charge on any atom is 0.386 e. The minimum absolute atomic E-state index is 0.0550. The molecule has 240 valence electrons. The van der Waals surface area contributed by atoms with Gasteiger partial charge >= 0.3 is 11.9 Å². The molecule has 1 fully saturated rings. The zero-order valence-electron chi connectivity index (χ0n) is 26.9. The fourth-order valence-electron chi connectivity index (χ4n) is 6.42. The SMILES string of the molecule is CCCCCCc1ccc(C(=O)OOC2=CCC(C3CCC(OOC(=O)c4ccc(CCCCCC)cc4)CC3)CC2)cc1. The van der Waals surface area contributed by atoms with Gasteiger partial charge in [-0.1, -0.05) is 76.6 Å². The fraction of sp³-hybridized carbons (Fsp3) is 0.579. The van der Waals surface area contributed by atoms with Crippen molar-refractivity contribution in [3.63, 3.8) is 0 Å². The maximum absolute atomic E-state index is 12.5. The van der Waals surface area contributed by atoms with Gasteiger partial charge in [-0.25, -0.2) is 14.5 Å². The summed E-state index contributed by atoms with van der Waals surface area (Å²) in [7, 11) is 0. The van der Waals surface area contributed by atoms with Gasteiger partial charge in [0.15, 0.2) is 5.76 Å². The van der Waals surface area contributed by atoms with Crippen LogP contribution in [0, 0.1) is 11.8 Å². The summed E-state index contributed by atoms with van der Waals surface area (Å²) in [5.74, 6) is 1.03. The van der Waals surface area contributed by atoms with Crippen LogP contribution in [-0.4, -0.2) is 18.0 Å². The molecular formula is C38H52O6. The van der Waals surface area contributed by atoms with E-state index >= 15 is 0 Å². The molecule has 6 heteroatoms. The van der Waals surface area contributed by atoms with Crippen LogP contribution in [0.5, 0.6) is 0 Å². The summed E-state index contributed by atoms with van der Waals surface area (Å²) in [5.41, 5.74) is 3.53. The highest BCUT2D eigenvalue weighted by molar-refractivity contribution is 5.89. The zero-order valence-corrected chi connectivity index (χ0v) is 26.9. The van der Waals surface area contributed by atoms with E-state index in [1.807, 2.05) is 48.5 Å². The van der Waals surface area contributed by atoms with Gasteiger partial charge in [-0.05, 0) is 118 Å². The molecule has 2 aromatic carbocycles. The molecule has 0 amide bonds. The van der Waals surface area contributed by atoms with Crippen LogP contribution in [0.3, 0.4) is 0 Å². The number of aryl methyl sites for hydroxylation is 2. The molecule has 2 aliphatic rings. The van der Waals surface area contributed by atoms with Gasteiger partial charge in [0, 0.05) is 6.42 Å². The molecule has 6 nitrogen and oxygen atoms in total. The lowest BCUT2D eigenvalue weighted by atomic mass is 9.74. The van der Waals surface area contributed by atoms with Gasteiger partial charge < -0.3 is 0 Å². The molecule has 1 unspecified atom stereocenters. The van der Waals surface area contributed by atoms with E-state index in [4.69, 9.17) is 19.6 Å². The summed E-state index contributed by atoms with van der Waals surface area (Å²) >= 11 is 0. The van der Waals surface area contributed by atoms with E-state index in [2.05, 4.69) is 19.9 Å². The highest BCUT2D eigenvalue weighted by Gasteiger charge is 2.30. The summed E-state index contributed by atoms with van der Waals surface area (Å²) in [5, 5.41) is 0. The van der Waals surface area contributed by atoms with Crippen LogP contribution in [0.25, 0.3) is 0 Å². The second kappa shape index (κ2) is 18.6. The van der Waals surface area contributed by atoms with Gasteiger partial charge in [-0.15, -0.1) is 0 Å². The standard InChI is InChI=1S/C38H52O6/c1-3-5-7-9-11-29-13-17-33(18-14-29)37(39)43-41-35-25-21-31(22-26-35)32-23-27-36(28-24-32)42-44-38(40)34-19-15-30(16-20-34)12-10-8-6-4-2/h13-20,25,31-32,36H,3-12,21-24,26-28H2,1-2H3. The molecule has 0 radical (unpaired) electrons. The molecule has 0 saturated heterocycles. The Morgan fingerprint density at radius 2 is 1.18 bits per heavy atom. The van der Waals surface area contributed by atoms with Crippen LogP contribution in [-0.2, 0) is 32.4 Å². The van der Waals surface area contributed by atoms with Crippen molar-refractivity contribution >= 4 is 11.9 Å². The first-order chi connectivity index (χ1) is 21.6. The summed E-state index contributed by atoms with van der Waals surface area (Å²) in [4.78, 5) is 46.3. The Bertz CT molecular complexity index is 1160. The first-order valence-corrected chi connectivity index (χ1v) is 17.2. The fourth-order valence-corrected chi connectivity index (χ4v) is 6.42. The van der Waals surface area contributed by atoms with Crippen LogP contribution < -0.4 is 0 Å². The molecule has 1 saturated carbocycles. The molecule has 1 atom stereocenters. The molecule has 4 rings (SSSR count). The number of hydrogen-bond donors (Lipinski definition) is 0. The minimum atomic E-state index is -0.459. The second-order valence-corrected chi connectivity index (χ2v) is 12.7. The van der Waals surface area contributed by atoms with Gasteiger partial charge in [0.05, 0.1) is 11.1 Å². The molecule has 0 spiro atoms. The zero-order chi connectivity index (χ0) is 31.0. The number of carbonyl (C=O) groups is 2. The third kappa shape index (κ3) is 11.1. The largest absolute Gasteiger partial charge is 0.386 e. The molecule has 2 aliphatic carbocycles. The number of unbranched alkanes of at least 4 members (excludes halogenated alkanes) is 6. The highest BCUT2D eigenvalue weighted by atomic mass is 17.2. The first-order valence-electron chi connectivity index (χ1n) is 17.2. The minimum Gasteiger partial charge on any atom is -0.293 e. The number of rotatable bonds is 17. The van der Waals surface area contributed by atoms with Crippen LogP contribution in [0.2, 0.25) is 0 Å². The quantitative estimate of drug-likeness (QED) is 0.102.